The van der Waals surface area contributed by atoms with Crippen molar-refractivity contribution in [2.75, 3.05) is 5.32 Å². The molecule has 2 rings (SSSR count). The summed E-state index contributed by atoms with van der Waals surface area (Å²) in [5.41, 5.74) is 6.46. The van der Waals surface area contributed by atoms with Crippen LogP contribution in [0.25, 0.3) is 0 Å². The summed E-state index contributed by atoms with van der Waals surface area (Å²) in [4.78, 5) is 23.0. The quantitative estimate of drug-likeness (QED) is 0.894. The number of nitrogens with two attached hydrogens (primary N) is 1. The monoisotopic (exact) mass is 272 g/mol. The molecule has 0 saturated heterocycles. The largest absolute Gasteiger partial charge is 0.369 e. The van der Waals surface area contributed by atoms with E-state index in [4.69, 9.17) is 5.73 Å². The number of rotatable bonds is 4. The van der Waals surface area contributed by atoms with E-state index in [-0.39, 0.29) is 12.0 Å². The van der Waals surface area contributed by atoms with Gasteiger partial charge >= 0.3 is 0 Å². The van der Waals surface area contributed by atoms with Gasteiger partial charge in [0.15, 0.2) is 0 Å². The molecule has 102 valence electrons. The van der Waals surface area contributed by atoms with Gasteiger partial charge in [0.05, 0.1) is 6.42 Å². The van der Waals surface area contributed by atoms with Gasteiger partial charge < -0.3 is 11.1 Å². The van der Waals surface area contributed by atoms with E-state index in [9.17, 15) is 14.0 Å². The zero-order chi connectivity index (χ0) is 14.5. The van der Waals surface area contributed by atoms with Crippen LogP contribution in [-0.2, 0) is 11.2 Å². The first-order valence-electron chi connectivity index (χ1n) is 5.99. The van der Waals surface area contributed by atoms with Crippen molar-refractivity contribution in [1.29, 1.82) is 0 Å². The Bertz CT molecular complexity index is 656. The van der Waals surface area contributed by atoms with Gasteiger partial charge in [0.2, 0.25) is 5.91 Å². The van der Waals surface area contributed by atoms with Gasteiger partial charge in [0, 0.05) is 11.3 Å². The van der Waals surface area contributed by atoms with Crippen LogP contribution in [0.15, 0.2) is 48.5 Å². The van der Waals surface area contributed by atoms with E-state index in [2.05, 4.69) is 5.32 Å². The highest BCUT2D eigenvalue weighted by atomic mass is 19.1. The van der Waals surface area contributed by atoms with Crippen LogP contribution in [-0.4, -0.2) is 11.8 Å². The van der Waals surface area contributed by atoms with E-state index in [1.54, 1.807) is 24.3 Å². The lowest BCUT2D eigenvalue weighted by Crippen LogP contribution is -2.17. The van der Waals surface area contributed by atoms with Gasteiger partial charge in [-0.15, -0.1) is 0 Å². The third kappa shape index (κ3) is 3.41. The summed E-state index contributed by atoms with van der Waals surface area (Å²) in [5, 5.41) is 2.65. The molecule has 0 aliphatic rings. The number of para-hydroxylation sites is 1. The molecule has 2 amide bonds. The number of halogens is 1. The number of amides is 2. The van der Waals surface area contributed by atoms with Crippen molar-refractivity contribution in [2.45, 2.75) is 6.42 Å². The van der Waals surface area contributed by atoms with Crippen molar-refractivity contribution in [2.24, 2.45) is 5.73 Å². The molecule has 4 nitrogen and oxygen atoms in total. The second kappa shape index (κ2) is 5.97. The first-order valence-corrected chi connectivity index (χ1v) is 5.99. The molecule has 0 heterocycles. The first kappa shape index (κ1) is 13.7. The van der Waals surface area contributed by atoms with Crippen molar-refractivity contribution in [1.82, 2.24) is 0 Å². The molecule has 0 saturated carbocycles. The Balaban J connectivity index is 2.21. The van der Waals surface area contributed by atoms with Gasteiger partial charge in [-0.2, -0.15) is 0 Å². The van der Waals surface area contributed by atoms with Crippen LogP contribution >= 0.6 is 0 Å². The zero-order valence-electron chi connectivity index (χ0n) is 10.6. The molecule has 0 atom stereocenters. The molecule has 0 bridgehead atoms. The Morgan fingerprint density at radius 3 is 2.55 bits per heavy atom. The third-order valence-electron chi connectivity index (χ3n) is 2.72. The molecule has 0 aliphatic carbocycles. The SMILES string of the molecule is NC(=O)Cc1ccccc1NC(=O)c1cccc(F)c1. The van der Waals surface area contributed by atoms with Crippen LogP contribution in [0.5, 0.6) is 0 Å². The molecule has 0 radical (unpaired) electrons. The number of hydrogen-bond acceptors (Lipinski definition) is 2. The average molecular weight is 272 g/mol. The fourth-order valence-electron chi connectivity index (χ4n) is 1.81. The van der Waals surface area contributed by atoms with Crippen LogP contribution < -0.4 is 11.1 Å². The number of primary amides is 1. The molecule has 0 unspecified atom stereocenters. The standard InChI is InChI=1S/C15H13FN2O2/c16-12-6-3-5-11(8-12)15(20)18-13-7-2-1-4-10(13)9-14(17)19/h1-8H,9H2,(H2,17,19)(H,18,20). The minimum Gasteiger partial charge on any atom is -0.369 e. The normalized spacial score (nSPS) is 10.1. The molecule has 0 aliphatic heterocycles. The lowest BCUT2D eigenvalue weighted by Gasteiger charge is -2.10. The summed E-state index contributed by atoms with van der Waals surface area (Å²) in [5.74, 6) is -1.41. The number of benzene rings is 2. The van der Waals surface area contributed by atoms with E-state index >= 15 is 0 Å². The Morgan fingerprint density at radius 1 is 1.10 bits per heavy atom. The third-order valence-corrected chi connectivity index (χ3v) is 2.72. The average Bonchev–Trinajstić information content (AvgIpc) is 2.40. The van der Waals surface area contributed by atoms with Gasteiger partial charge in [0.25, 0.3) is 5.91 Å². The van der Waals surface area contributed by atoms with E-state index < -0.39 is 17.6 Å². The van der Waals surface area contributed by atoms with Crippen molar-refractivity contribution >= 4 is 17.5 Å². The first-order chi connectivity index (χ1) is 9.56. The van der Waals surface area contributed by atoms with E-state index in [1.807, 2.05) is 0 Å². The van der Waals surface area contributed by atoms with E-state index in [0.717, 1.165) is 6.07 Å². The van der Waals surface area contributed by atoms with Crippen molar-refractivity contribution < 1.29 is 14.0 Å². The Morgan fingerprint density at radius 2 is 1.85 bits per heavy atom. The van der Waals surface area contributed by atoms with Crippen molar-refractivity contribution in [3.63, 3.8) is 0 Å². The smallest absolute Gasteiger partial charge is 0.255 e. The summed E-state index contributed by atoms with van der Waals surface area (Å²) >= 11 is 0. The summed E-state index contributed by atoms with van der Waals surface area (Å²) < 4.78 is 13.1. The summed E-state index contributed by atoms with van der Waals surface area (Å²) in [6.07, 6.45) is 0.0274. The maximum absolute atomic E-state index is 13.1. The number of hydrogen-bond donors (Lipinski definition) is 2. The van der Waals surface area contributed by atoms with Gasteiger partial charge in [-0.05, 0) is 29.8 Å². The van der Waals surface area contributed by atoms with Gasteiger partial charge in [0.1, 0.15) is 5.82 Å². The zero-order valence-corrected chi connectivity index (χ0v) is 10.6. The molecular weight excluding hydrogens is 259 g/mol. The summed E-state index contributed by atoms with van der Waals surface area (Å²) in [7, 11) is 0. The van der Waals surface area contributed by atoms with Crippen LogP contribution in [0.3, 0.4) is 0 Å². The fraction of sp³-hybridized carbons (Fsp3) is 0.0667. The highest BCUT2D eigenvalue weighted by molar-refractivity contribution is 6.04. The number of carbonyl (C=O) groups is 2. The molecule has 0 spiro atoms. The molecule has 0 fully saturated rings. The van der Waals surface area contributed by atoms with E-state index in [0.29, 0.717) is 11.3 Å². The lowest BCUT2D eigenvalue weighted by molar-refractivity contribution is -0.117. The predicted octanol–water partition coefficient (Wildman–Crippen LogP) is 2.11. The Hall–Kier alpha value is -2.69. The van der Waals surface area contributed by atoms with E-state index in [1.165, 1.54) is 18.2 Å². The van der Waals surface area contributed by atoms with Crippen LogP contribution in [0.1, 0.15) is 15.9 Å². The number of nitrogens with one attached hydrogen (secondary N) is 1. The van der Waals surface area contributed by atoms with Crippen LogP contribution in [0, 0.1) is 5.82 Å². The minimum absolute atomic E-state index is 0.0274. The Labute approximate surface area is 115 Å². The predicted molar refractivity (Wildman–Crippen MR) is 73.7 cm³/mol. The number of anilines is 1. The van der Waals surface area contributed by atoms with Gasteiger partial charge in [-0.1, -0.05) is 24.3 Å². The maximum Gasteiger partial charge on any atom is 0.255 e. The summed E-state index contributed by atoms with van der Waals surface area (Å²) in [6, 6.07) is 12.2. The summed E-state index contributed by atoms with van der Waals surface area (Å²) in [6.45, 7) is 0. The lowest BCUT2D eigenvalue weighted by atomic mass is 10.1. The molecule has 0 aromatic heterocycles. The minimum atomic E-state index is -0.488. The van der Waals surface area contributed by atoms with Gasteiger partial charge in [-0.3, -0.25) is 9.59 Å². The molecule has 2 aromatic rings. The highest BCUT2D eigenvalue weighted by Crippen LogP contribution is 2.17. The van der Waals surface area contributed by atoms with Gasteiger partial charge in [-0.25, -0.2) is 4.39 Å². The number of carbonyl (C=O) groups excluding carboxylic acids is 2. The van der Waals surface area contributed by atoms with Crippen LogP contribution in [0.2, 0.25) is 0 Å². The fourth-order valence-corrected chi connectivity index (χ4v) is 1.81. The van der Waals surface area contributed by atoms with Crippen LogP contribution in [0.4, 0.5) is 10.1 Å². The molecule has 3 N–H and O–H groups in total. The Kier molecular flexibility index (Phi) is 4.10. The molecule has 5 heteroatoms. The molecule has 20 heavy (non-hydrogen) atoms. The second-order valence-corrected chi connectivity index (χ2v) is 4.26. The second-order valence-electron chi connectivity index (χ2n) is 4.26. The maximum atomic E-state index is 13.1. The van der Waals surface area contributed by atoms with Crippen molar-refractivity contribution in [3.05, 3.63) is 65.5 Å². The molecule has 2 aromatic carbocycles. The highest BCUT2D eigenvalue weighted by Gasteiger charge is 2.10. The molecular formula is C15H13FN2O2. The van der Waals surface area contributed by atoms with Crippen molar-refractivity contribution in [3.8, 4) is 0 Å². The topological polar surface area (TPSA) is 72.2 Å².